The van der Waals surface area contributed by atoms with E-state index in [1.807, 2.05) is 0 Å². The highest BCUT2D eigenvalue weighted by molar-refractivity contribution is 5.89. The minimum absolute atomic E-state index is 0.441. The van der Waals surface area contributed by atoms with Gasteiger partial charge in [0.15, 0.2) is 0 Å². The van der Waals surface area contributed by atoms with Crippen LogP contribution >= 0.6 is 0 Å². The molecule has 1 aliphatic carbocycles. The second kappa shape index (κ2) is 6.23. The van der Waals surface area contributed by atoms with E-state index in [2.05, 4.69) is 57.1 Å². The van der Waals surface area contributed by atoms with E-state index in [4.69, 9.17) is 9.97 Å². The van der Waals surface area contributed by atoms with Crippen molar-refractivity contribution in [2.24, 2.45) is 11.8 Å². The Hall–Kier alpha value is -1.64. The van der Waals surface area contributed by atoms with Crippen molar-refractivity contribution >= 4 is 16.7 Å². The summed E-state index contributed by atoms with van der Waals surface area (Å²) in [5, 5.41) is 1.14. The van der Waals surface area contributed by atoms with E-state index in [1.165, 1.54) is 25.7 Å². The van der Waals surface area contributed by atoms with Gasteiger partial charge in [-0.1, -0.05) is 38.8 Å². The largest absolute Gasteiger partial charge is 0.362 e. The van der Waals surface area contributed by atoms with Crippen LogP contribution in [0, 0.1) is 11.8 Å². The van der Waals surface area contributed by atoms with Crippen LogP contribution in [0.15, 0.2) is 24.3 Å². The summed E-state index contributed by atoms with van der Waals surface area (Å²) >= 11 is 0. The Morgan fingerprint density at radius 2 is 1.73 bits per heavy atom. The highest BCUT2D eigenvalue weighted by atomic mass is 15.2. The minimum Gasteiger partial charge on any atom is -0.362 e. The average molecular weight is 297 g/mol. The second-order valence-corrected chi connectivity index (χ2v) is 7.13. The van der Waals surface area contributed by atoms with Crippen LogP contribution in [0.25, 0.3) is 10.9 Å². The van der Waals surface area contributed by atoms with Gasteiger partial charge in [0.25, 0.3) is 0 Å². The van der Waals surface area contributed by atoms with E-state index in [0.717, 1.165) is 34.4 Å². The van der Waals surface area contributed by atoms with Crippen molar-refractivity contribution in [1.29, 1.82) is 0 Å². The molecule has 1 aromatic heterocycles. The van der Waals surface area contributed by atoms with Crippen LogP contribution in [0.4, 0.5) is 5.82 Å². The van der Waals surface area contributed by atoms with Crippen LogP contribution in [0.1, 0.15) is 51.3 Å². The molecule has 1 fully saturated rings. The van der Waals surface area contributed by atoms with E-state index in [-0.39, 0.29) is 0 Å². The molecule has 1 saturated carbocycles. The lowest BCUT2D eigenvalue weighted by Crippen LogP contribution is -2.21. The van der Waals surface area contributed by atoms with Crippen LogP contribution in [0.3, 0.4) is 0 Å². The van der Waals surface area contributed by atoms with E-state index in [9.17, 15) is 0 Å². The van der Waals surface area contributed by atoms with Gasteiger partial charge in [0, 0.05) is 25.4 Å². The molecule has 0 unspecified atom stereocenters. The Balaban J connectivity index is 1.96. The normalized spacial score (nSPS) is 23.5. The summed E-state index contributed by atoms with van der Waals surface area (Å²) in [5.41, 5.74) is 1.06. The lowest BCUT2D eigenvalue weighted by molar-refractivity contribution is 0.257. The molecule has 0 amide bonds. The first-order valence-corrected chi connectivity index (χ1v) is 8.50. The summed E-state index contributed by atoms with van der Waals surface area (Å²) in [7, 11) is 4.12. The molecule has 0 saturated heterocycles. The van der Waals surface area contributed by atoms with Crippen molar-refractivity contribution in [3.8, 4) is 0 Å². The number of rotatable bonds is 3. The van der Waals surface area contributed by atoms with E-state index in [0.29, 0.717) is 5.92 Å². The van der Waals surface area contributed by atoms with Crippen LogP contribution in [-0.2, 0) is 0 Å². The van der Waals surface area contributed by atoms with Crippen molar-refractivity contribution in [3.05, 3.63) is 30.1 Å². The van der Waals surface area contributed by atoms with Crippen molar-refractivity contribution in [1.82, 2.24) is 9.97 Å². The summed E-state index contributed by atoms with van der Waals surface area (Å²) < 4.78 is 0. The third-order valence-electron chi connectivity index (χ3n) is 5.20. The Morgan fingerprint density at radius 3 is 2.41 bits per heavy atom. The van der Waals surface area contributed by atoms with Gasteiger partial charge in [-0.25, -0.2) is 9.97 Å². The molecule has 1 heterocycles. The molecular weight excluding hydrogens is 270 g/mol. The number of aromatic nitrogens is 2. The van der Waals surface area contributed by atoms with Gasteiger partial charge in [0.1, 0.15) is 11.6 Å². The molecule has 0 aliphatic heterocycles. The maximum atomic E-state index is 4.91. The average Bonchev–Trinajstić information content (AvgIpc) is 2.53. The Morgan fingerprint density at radius 1 is 1.05 bits per heavy atom. The third-order valence-corrected chi connectivity index (χ3v) is 5.20. The number of para-hydroxylation sites is 1. The molecule has 1 aromatic carbocycles. The van der Waals surface area contributed by atoms with E-state index < -0.39 is 0 Å². The van der Waals surface area contributed by atoms with Gasteiger partial charge in [0.05, 0.1) is 5.52 Å². The lowest BCUT2D eigenvalue weighted by Gasteiger charge is -2.30. The van der Waals surface area contributed by atoms with Crippen LogP contribution in [0.5, 0.6) is 0 Å². The minimum atomic E-state index is 0.441. The third kappa shape index (κ3) is 2.94. The second-order valence-electron chi connectivity index (χ2n) is 7.13. The molecule has 3 nitrogen and oxygen atoms in total. The fourth-order valence-electron chi connectivity index (χ4n) is 3.62. The van der Waals surface area contributed by atoms with Crippen molar-refractivity contribution < 1.29 is 0 Å². The molecule has 118 valence electrons. The monoisotopic (exact) mass is 297 g/mol. The summed E-state index contributed by atoms with van der Waals surface area (Å²) in [6.45, 7) is 4.68. The van der Waals surface area contributed by atoms with Gasteiger partial charge < -0.3 is 4.90 Å². The topological polar surface area (TPSA) is 29.0 Å². The summed E-state index contributed by atoms with van der Waals surface area (Å²) in [6, 6.07) is 8.33. The van der Waals surface area contributed by atoms with Crippen LogP contribution in [0.2, 0.25) is 0 Å². The number of nitrogens with zero attached hydrogens (tertiary/aromatic N) is 3. The molecular formula is C19H27N3. The maximum absolute atomic E-state index is 4.91. The van der Waals surface area contributed by atoms with Crippen LogP contribution < -0.4 is 4.90 Å². The van der Waals surface area contributed by atoms with Gasteiger partial charge in [-0.3, -0.25) is 0 Å². The van der Waals surface area contributed by atoms with E-state index in [1.54, 1.807) is 0 Å². The molecule has 0 spiro atoms. The Bertz CT molecular complexity index is 642. The highest BCUT2D eigenvalue weighted by Crippen LogP contribution is 2.37. The molecule has 0 bridgehead atoms. The standard InChI is InChI=1S/C19H27N3/c1-13-9-11-15(12-10-13)14(2)18-20-17-8-6-5-7-16(17)19(21-18)22(3)4/h5-8,13-15H,9-12H2,1-4H3/t13?,14-,15?/m1/s1. The van der Waals surface area contributed by atoms with Crippen molar-refractivity contribution in [2.45, 2.75) is 45.4 Å². The SMILES string of the molecule is CC1CCC([C@@H](C)c2nc(N(C)C)c3ccccc3n2)CC1. The molecule has 22 heavy (non-hydrogen) atoms. The number of hydrogen-bond acceptors (Lipinski definition) is 3. The predicted octanol–water partition coefficient (Wildman–Crippen LogP) is 4.63. The first kappa shape index (κ1) is 15.3. The van der Waals surface area contributed by atoms with Gasteiger partial charge in [-0.2, -0.15) is 0 Å². The van der Waals surface area contributed by atoms with Gasteiger partial charge in [-0.05, 0) is 36.8 Å². The molecule has 3 rings (SSSR count). The molecule has 1 atom stereocenters. The number of hydrogen-bond donors (Lipinski definition) is 0. The Labute approximate surface area is 133 Å². The summed E-state index contributed by atoms with van der Waals surface area (Å²) in [4.78, 5) is 11.9. The predicted molar refractivity (Wildman–Crippen MR) is 93.4 cm³/mol. The smallest absolute Gasteiger partial charge is 0.139 e. The van der Waals surface area contributed by atoms with E-state index >= 15 is 0 Å². The summed E-state index contributed by atoms with van der Waals surface area (Å²) in [6.07, 6.45) is 5.33. The van der Waals surface area contributed by atoms with Crippen molar-refractivity contribution in [3.63, 3.8) is 0 Å². The fourth-order valence-corrected chi connectivity index (χ4v) is 3.62. The highest BCUT2D eigenvalue weighted by Gasteiger charge is 2.26. The van der Waals surface area contributed by atoms with Gasteiger partial charge in [0.2, 0.25) is 0 Å². The number of anilines is 1. The first-order chi connectivity index (χ1) is 10.6. The zero-order valence-electron chi connectivity index (χ0n) is 14.2. The lowest BCUT2D eigenvalue weighted by atomic mass is 9.76. The molecule has 2 aromatic rings. The molecule has 0 N–H and O–H groups in total. The molecule has 0 radical (unpaired) electrons. The van der Waals surface area contributed by atoms with Gasteiger partial charge in [-0.15, -0.1) is 0 Å². The number of benzene rings is 1. The maximum Gasteiger partial charge on any atom is 0.139 e. The zero-order chi connectivity index (χ0) is 15.7. The fraction of sp³-hybridized carbons (Fsp3) is 0.579. The molecule has 1 aliphatic rings. The Kier molecular flexibility index (Phi) is 4.32. The van der Waals surface area contributed by atoms with Crippen molar-refractivity contribution in [2.75, 3.05) is 19.0 Å². The quantitative estimate of drug-likeness (QED) is 0.827. The number of fused-ring (bicyclic) bond motifs is 1. The first-order valence-electron chi connectivity index (χ1n) is 8.50. The van der Waals surface area contributed by atoms with Crippen LogP contribution in [-0.4, -0.2) is 24.1 Å². The summed E-state index contributed by atoms with van der Waals surface area (Å²) in [5.74, 6) is 4.11. The van der Waals surface area contributed by atoms with Gasteiger partial charge >= 0.3 is 0 Å². The zero-order valence-corrected chi connectivity index (χ0v) is 14.2. The molecule has 3 heteroatoms.